The summed E-state index contributed by atoms with van der Waals surface area (Å²) in [6.07, 6.45) is 1.59. The predicted octanol–water partition coefficient (Wildman–Crippen LogP) is 3.51. The number of aromatic nitrogens is 3. The van der Waals surface area contributed by atoms with Gasteiger partial charge in [-0.3, -0.25) is 0 Å². The van der Waals surface area contributed by atoms with Gasteiger partial charge in [-0.1, -0.05) is 31.5 Å². The van der Waals surface area contributed by atoms with Crippen LogP contribution in [0.5, 0.6) is 0 Å². The van der Waals surface area contributed by atoms with E-state index in [2.05, 4.69) is 29.2 Å². The second kappa shape index (κ2) is 6.06. The van der Waals surface area contributed by atoms with Gasteiger partial charge in [-0.05, 0) is 30.5 Å². The summed E-state index contributed by atoms with van der Waals surface area (Å²) in [6, 6.07) is 5.97. The molecular formula is C14H19ClN4. The van der Waals surface area contributed by atoms with Crippen molar-refractivity contribution < 1.29 is 0 Å². The van der Waals surface area contributed by atoms with Gasteiger partial charge in [-0.15, -0.1) is 0 Å². The topological polar surface area (TPSA) is 42.7 Å². The van der Waals surface area contributed by atoms with E-state index in [1.54, 1.807) is 6.33 Å². The average molecular weight is 279 g/mol. The summed E-state index contributed by atoms with van der Waals surface area (Å²) in [7, 11) is 0. The molecule has 0 saturated carbocycles. The summed E-state index contributed by atoms with van der Waals surface area (Å²) < 4.78 is 1.93. The van der Waals surface area contributed by atoms with E-state index in [4.69, 9.17) is 11.6 Å². The smallest absolute Gasteiger partial charge is 0.146 e. The zero-order valence-electron chi connectivity index (χ0n) is 11.5. The molecule has 0 bridgehead atoms. The number of aryl methyl sites for hydroxylation is 1. The highest BCUT2D eigenvalue weighted by Crippen LogP contribution is 2.23. The van der Waals surface area contributed by atoms with Crippen molar-refractivity contribution in [1.82, 2.24) is 14.8 Å². The van der Waals surface area contributed by atoms with E-state index >= 15 is 0 Å². The summed E-state index contributed by atoms with van der Waals surface area (Å²) in [4.78, 5) is 4.28. The van der Waals surface area contributed by atoms with Gasteiger partial charge in [0.2, 0.25) is 0 Å². The highest BCUT2D eigenvalue weighted by Gasteiger charge is 2.07. The summed E-state index contributed by atoms with van der Waals surface area (Å²) in [6.45, 7) is 7.84. The van der Waals surface area contributed by atoms with Crippen LogP contribution in [0.15, 0.2) is 24.5 Å². The molecule has 0 aliphatic rings. The Morgan fingerprint density at radius 3 is 2.84 bits per heavy atom. The molecule has 0 saturated heterocycles. The molecule has 0 fully saturated rings. The maximum Gasteiger partial charge on any atom is 0.146 e. The molecule has 0 unspecified atom stereocenters. The van der Waals surface area contributed by atoms with Gasteiger partial charge in [-0.25, -0.2) is 9.67 Å². The van der Waals surface area contributed by atoms with Gasteiger partial charge in [0.25, 0.3) is 0 Å². The Labute approximate surface area is 118 Å². The Balaban J connectivity index is 2.04. The van der Waals surface area contributed by atoms with Crippen LogP contribution in [-0.2, 0) is 13.1 Å². The quantitative estimate of drug-likeness (QED) is 0.910. The lowest BCUT2D eigenvalue weighted by Gasteiger charge is -2.11. The molecule has 5 heteroatoms. The van der Waals surface area contributed by atoms with Crippen LogP contribution in [0, 0.1) is 12.8 Å². The van der Waals surface area contributed by atoms with Crippen molar-refractivity contribution in [3.8, 4) is 0 Å². The molecule has 0 amide bonds. The molecule has 2 rings (SSSR count). The lowest BCUT2D eigenvalue weighted by atomic mass is 10.2. The maximum atomic E-state index is 6.19. The summed E-state index contributed by atoms with van der Waals surface area (Å²) in [5, 5.41) is 8.27. The van der Waals surface area contributed by atoms with Gasteiger partial charge < -0.3 is 5.32 Å². The first-order valence-electron chi connectivity index (χ1n) is 6.43. The van der Waals surface area contributed by atoms with Crippen LogP contribution in [0.25, 0.3) is 0 Å². The number of halogens is 1. The molecule has 0 radical (unpaired) electrons. The fourth-order valence-corrected chi connectivity index (χ4v) is 2.16. The van der Waals surface area contributed by atoms with E-state index in [9.17, 15) is 0 Å². The van der Waals surface area contributed by atoms with Crippen molar-refractivity contribution in [2.24, 2.45) is 5.92 Å². The van der Waals surface area contributed by atoms with Gasteiger partial charge in [0.05, 0.1) is 17.3 Å². The lowest BCUT2D eigenvalue weighted by molar-refractivity contribution is 0.468. The number of rotatable bonds is 5. The predicted molar refractivity (Wildman–Crippen MR) is 78.4 cm³/mol. The molecule has 102 valence electrons. The first-order chi connectivity index (χ1) is 9.06. The normalized spacial score (nSPS) is 11.0. The monoisotopic (exact) mass is 278 g/mol. The van der Waals surface area contributed by atoms with Gasteiger partial charge in [0, 0.05) is 6.54 Å². The van der Waals surface area contributed by atoms with Gasteiger partial charge in [0.1, 0.15) is 12.2 Å². The van der Waals surface area contributed by atoms with Gasteiger partial charge >= 0.3 is 0 Å². The number of nitrogens with one attached hydrogen (secondary N) is 1. The lowest BCUT2D eigenvalue weighted by Crippen LogP contribution is -2.13. The van der Waals surface area contributed by atoms with E-state index in [0.717, 1.165) is 28.6 Å². The Kier molecular flexibility index (Phi) is 4.43. The molecule has 0 aliphatic heterocycles. The Bertz CT molecular complexity index is 548. The van der Waals surface area contributed by atoms with Crippen molar-refractivity contribution in [2.45, 2.75) is 33.9 Å². The van der Waals surface area contributed by atoms with E-state index in [1.807, 2.05) is 29.8 Å². The Morgan fingerprint density at radius 1 is 1.37 bits per heavy atom. The minimum Gasteiger partial charge on any atom is -0.377 e. The van der Waals surface area contributed by atoms with Crippen LogP contribution >= 0.6 is 11.6 Å². The third kappa shape index (κ3) is 3.70. The zero-order valence-corrected chi connectivity index (χ0v) is 12.3. The minimum atomic E-state index is 0.545. The third-order valence-electron chi connectivity index (χ3n) is 2.80. The molecule has 1 N–H and O–H groups in total. The second-order valence-corrected chi connectivity index (χ2v) is 5.50. The molecule has 19 heavy (non-hydrogen) atoms. The molecular weight excluding hydrogens is 260 g/mol. The third-order valence-corrected chi connectivity index (χ3v) is 3.11. The second-order valence-electron chi connectivity index (χ2n) is 5.09. The number of hydrogen-bond donors (Lipinski definition) is 1. The first-order valence-corrected chi connectivity index (χ1v) is 6.80. The van der Waals surface area contributed by atoms with Crippen molar-refractivity contribution >= 4 is 17.3 Å². The fourth-order valence-electron chi connectivity index (χ4n) is 1.86. The van der Waals surface area contributed by atoms with Crippen molar-refractivity contribution in [1.29, 1.82) is 0 Å². The standard InChI is InChI=1S/C14H19ClN4/c1-10(2)8-19-14(17-9-18-19)7-16-13-5-4-11(3)6-12(13)15/h4-6,9-10,16H,7-8H2,1-3H3. The first kappa shape index (κ1) is 13.9. The minimum absolute atomic E-state index is 0.545. The van der Waals surface area contributed by atoms with Crippen LogP contribution in [0.3, 0.4) is 0 Å². The molecule has 1 aromatic carbocycles. The van der Waals surface area contributed by atoms with Crippen LogP contribution in [0.2, 0.25) is 5.02 Å². The average Bonchev–Trinajstić information content (AvgIpc) is 2.74. The molecule has 0 aliphatic carbocycles. The van der Waals surface area contributed by atoms with Crippen LogP contribution < -0.4 is 5.32 Å². The number of nitrogens with zero attached hydrogens (tertiary/aromatic N) is 3. The maximum absolute atomic E-state index is 6.19. The van der Waals surface area contributed by atoms with Crippen LogP contribution in [0.4, 0.5) is 5.69 Å². The highest BCUT2D eigenvalue weighted by atomic mass is 35.5. The van der Waals surface area contributed by atoms with E-state index in [1.165, 1.54) is 0 Å². The molecule has 1 heterocycles. The molecule has 0 atom stereocenters. The van der Waals surface area contributed by atoms with E-state index in [0.29, 0.717) is 12.5 Å². The molecule has 1 aromatic heterocycles. The van der Waals surface area contributed by atoms with Gasteiger partial charge in [0.15, 0.2) is 0 Å². The number of benzene rings is 1. The van der Waals surface area contributed by atoms with E-state index in [-0.39, 0.29) is 0 Å². The van der Waals surface area contributed by atoms with Crippen molar-refractivity contribution in [2.75, 3.05) is 5.32 Å². The van der Waals surface area contributed by atoms with Crippen LogP contribution in [0.1, 0.15) is 25.2 Å². The zero-order chi connectivity index (χ0) is 13.8. The Hall–Kier alpha value is -1.55. The summed E-state index contributed by atoms with van der Waals surface area (Å²) in [5.41, 5.74) is 2.07. The van der Waals surface area contributed by atoms with Crippen molar-refractivity contribution in [3.63, 3.8) is 0 Å². The largest absolute Gasteiger partial charge is 0.377 e. The van der Waals surface area contributed by atoms with E-state index < -0.39 is 0 Å². The SMILES string of the molecule is Cc1ccc(NCc2ncnn2CC(C)C)c(Cl)c1. The fraction of sp³-hybridized carbons (Fsp3) is 0.429. The van der Waals surface area contributed by atoms with Crippen molar-refractivity contribution in [3.05, 3.63) is 40.9 Å². The summed E-state index contributed by atoms with van der Waals surface area (Å²) in [5.74, 6) is 1.47. The van der Waals surface area contributed by atoms with Crippen LogP contribution in [-0.4, -0.2) is 14.8 Å². The molecule has 2 aromatic rings. The molecule has 0 spiro atoms. The Morgan fingerprint density at radius 2 is 2.16 bits per heavy atom. The number of hydrogen-bond acceptors (Lipinski definition) is 3. The highest BCUT2D eigenvalue weighted by molar-refractivity contribution is 6.33. The molecule has 4 nitrogen and oxygen atoms in total. The van der Waals surface area contributed by atoms with Gasteiger partial charge in [-0.2, -0.15) is 5.10 Å². The number of anilines is 1. The summed E-state index contributed by atoms with van der Waals surface area (Å²) >= 11 is 6.19.